The van der Waals surface area contributed by atoms with E-state index in [0.29, 0.717) is 29.5 Å². The van der Waals surface area contributed by atoms with Crippen LogP contribution >= 0.6 is 11.6 Å². The van der Waals surface area contributed by atoms with Crippen molar-refractivity contribution in [2.24, 2.45) is 0 Å². The molecular formula is C23H27ClN2O5S. The summed E-state index contributed by atoms with van der Waals surface area (Å²) >= 11 is 5.91. The molecule has 1 atom stereocenters. The summed E-state index contributed by atoms with van der Waals surface area (Å²) < 4.78 is 32.8. The maximum atomic E-state index is 13.5. The topological polar surface area (TPSA) is 87.2 Å². The molecule has 2 aromatic rings. The Kier molecular flexibility index (Phi) is 7.48. The number of halogens is 1. The standard InChI is InChI=1S/C23H27ClN2O5S/c1-4-14-31-18-7-5-6-16(15-18)20-22(21(27)23(28)26(20)13-12-25(2)3)32(29,30)19-10-8-17(24)9-11-19/h5-11,15,20,27H,4,12-14H2,1-3H3. The average molecular weight is 479 g/mol. The largest absolute Gasteiger partial charge is 0.502 e. The van der Waals surface area contributed by atoms with Crippen LogP contribution in [-0.2, 0) is 14.6 Å². The first-order chi connectivity index (χ1) is 15.2. The number of aliphatic hydroxyl groups is 1. The Morgan fingerprint density at radius 3 is 2.47 bits per heavy atom. The molecule has 1 amide bonds. The van der Waals surface area contributed by atoms with Crippen molar-refractivity contribution in [2.75, 3.05) is 33.8 Å². The van der Waals surface area contributed by atoms with Crippen molar-refractivity contribution < 1.29 is 23.1 Å². The first-order valence-electron chi connectivity index (χ1n) is 10.3. The van der Waals surface area contributed by atoms with Crippen molar-refractivity contribution in [3.05, 3.63) is 69.8 Å². The van der Waals surface area contributed by atoms with Crippen LogP contribution in [0, 0.1) is 0 Å². The van der Waals surface area contributed by atoms with Crippen LogP contribution in [0.25, 0.3) is 0 Å². The molecule has 0 aliphatic carbocycles. The normalized spacial score (nSPS) is 16.8. The number of likely N-dealkylation sites (N-methyl/N-ethyl adjacent to an activating group) is 1. The molecule has 3 rings (SSSR count). The average Bonchev–Trinajstić information content (AvgIpc) is 3.02. The first kappa shape index (κ1) is 24.1. The van der Waals surface area contributed by atoms with E-state index in [1.165, 1.54) is 29.2 Å². The monoisotopic (exact) mass is 478 g/mol. The highest BCUT2D eigenvalue weighted by Gasteiger charge is 2.46. The number of sulfone groups is 1. The van der Waals surface area contributed by atoms with Gasteiger partial charge in [-0.25, -0.2) is 8.42 Å². The SMILES string of the molecule is CCCOc1cccc(C2C(S(=O)(=O)c3ccc(Cl)cc3)=C(O)C(=O)N2CCN(C)C)c1. The van der Waals surface area contributed by atoms with Crippen molar-refractivity contribution in [3.63, 3.8) is 0 Å². The van der Waals surface area contributed by atoms with Gasteiger partial charge in [0.2, 0.25) is 9.84 Å². The van der Waals surface area contributed by atoms with Crippen LogP contribution in [-0.4, -0.2) is 63.0 Å². The van der Waals surface area contributed by atoms with Crippen molar-refractivity contribution in [1.29, 1.82) is 0 Å². The highest BCUT2D eigenvalue weighted by molar-refractivity contribution is 7.95. The molecular weight excluding hydrogens is 452 g/mol. The Labute approximate surface area is 193 Å². The fraction of sp³-hybridized carbons (Fsp3) is 0.348. The van der Waals surface area contributed by atoms with Gasteiger partial charge in [0.1, 0.15) is 10.7 Å². The lowest BCUT2D eigenvalue weighted by Crippen LogP contribution is -2.36. The number of carbonyl (C=O) groups is 1. The van der Waals surface area contributed by atoms with Crippen molar-refractivity contribution in [1.82, 2.24) is 9.80 Å². The van der Waals surface area contributed by atoms with Gasteiger partial charge in [0.15, 0.2) is 5.76 Å². The van der Waals surface area contributed by atoms with E-state index in [-0.39, 0.29) is 16.3 Å². The zero-order valence-electron chi connectivity index (χ0n) is 18.3. The summed E-state index contributed by atoms with van der Waals surface area (Å²) in [6.07, 6.45) is 0.817. The number of aliphatic hydroxyl groups excluding tert-OH is 1. The molecule has 0 saturated heterocycles. The Hall–Kier alpha value is -2.55. The van der Waals surface area contributed by atoms with E-state index in [1.54, 1.807) is 24.3 Å². The molecule has 172 valence electrons. The minimum absolute atomic E-state index is 0.0471. The van der Waals surface area contributed by atoms with E-state index in [9.17, 15) is 18.3 Å². The predicted molar refractivity (Wildman–Crippen MR) is 124 cm³/mol. The fourth-order valence-electron chi connectivity index (χ4n) is 3.51. The molecule has 7 nitrogen and oxygen atoms in total. The lowest BCUT2D eigenvalue weighted by molar-refractivity contribution is -0.129. The Balaban J connectivity index is 2.12. The summed E-state index contributed by atoms with van der Waals surface area (Å²) in [5.41, 5.74) is 0.544. The second kappa shape index (κ2) is 9.94. The fourth-order valence-corrected chi connectivity index (χ4v) is 5.28. The first-order valence-corrected chi connectivity index (χ1v) is 12.1. The van der Waals surface area contributed by atoms with Crippen LogP contribution in [0.4, 0.5) is 0 Å². The Bertz CT molecular complexity index is 1110. The Morgan fingerprint density at radius 2 is 1.84 bits per heavy atom. The molecule has 0 saturated carbocycles. The van der Waals surface area contributed by atoms with Gasteiger partial charge in [0.25, 0.3) is 5.91 Å². The molecule has 9 heteroatoms. The summed E-state index contributed by atoms with van der Waals surface area (Å²) in [4.78, 5) is 15.9. The zero-order chi connectivity index (χ0) is 23.5. The number of nitrogens with zero attached hydrogens (tertiary/aromatic N) is 2. The molecule has 1 N–H and O–H groups in total. The molecule has 0 radical (unpaired) electrons. The molecule has 0 bridgehead atoms. The van der Waals surface area contributed by atoms with Gasteiger partial charge in [-0.15, -0.1) is 0 Å². The lowest BCUT2D eigenvalue weighted by atomic mass is 10.1. The molecule has 1 unspecified atom stereocenters. The van der Waals surface area contributed by atoms with Crippen LogP contribution in [0.15, 0.2) is 64.1 Å². The highest BCUT2D eigenvalue weighted by atomic mass is 35.5. The molecule has 2 aromatic carbocycles. The van der Waals surface area contributed by atoms with E-state index >= 15 is 0 Å². The number of ether oxygens (including phenoxy) is 1. The molecule has 0 spiro atoms. The summed E-state index contributed by atoms with van der Waals surface area (Å²) in [6.45, 7) is 3.23. The summed E-state index contributed by atoms with van der Waals surface area (Å²) in [6, 6.07) is 11.6. The van der Waals surface area contributed by atoms with Gasteiger partial charge < -0.3 is 19.6 Å². The van der Waals surface area contributed by atoms with Gasteiger partial charge in [0.05, 0.1) is 17.5 Å². The molecule has 1 aliphatic rings. The molecule has 0 aromatic heterocycles. The number of rotatable bonds is 9. The maximum absolute atomic E-state index is 13.5. The van der Waals surface area contributed by atoms with Crippen LogP contribution in [0.5, 0.6) is 5.75 Å². The maximum Gasteiger partial charge on any atom is 0.290 e. The van der Waals surface area contributed by atoms with Gasteiger partial charge in [-0.2, -0.15) is 0 Å². The van der Waals surface area contributed by atoms with Gasteiger partial charge in [0, 0.05) is 18.1 Å². The van der Waals surface area contributed by atoms with Gasteiger partial charge in [-0.1, -0.05) is 30.7 Å². The second-order valence-electron chi connectivity index (χ2n) is 7.80. The van der Waals surface area contributed by atoms with E-state index in [0.717, 1.165) is 6.42 Å². The van der Waals surface area contributed by atoms with E-state index in [2.05, 4.69) is 0 Å². The van der Waals surface area contributed by atoms with Crippen molar-refractivity contribution >= 4 is 27.3 Å². The van der Waals surface area contributed by atoms with Crippen LogP contribution < -0.4 is 4.74 Å². The second-order valence-corrected chi connectivity index (χ2v) is 10.2. The molecule has 0 fully saturated rings. The number of hydrogen-bond acceptors (Lipinski definition) is 6. The number of amides is 1. The number of hydrogen-bond donors (Lipinski definition) is 1. The van der Waals surface area contributed by atoms with E-state index in [1.807, 2.05) is 25.9 Å². The third-order valence-corrected chi connectivity index (χ3v) is 7.25. The van der Waals surface area contributed by atoms with Crippen molar-refractivity contribution in [2.45, 2.75) is 24.3 Å². The van der Waals surface area contributed by atoms with Crippen LogP contribution in [0.3, 0.4) is 0 Å². The van der Waals surface area contributed by atoms with Crippen LogP contribution in [0.2, 0.25) is 5.02 Å². The third-order valence-electron chi connectivity index (χ3n) is 5.11. The quantitative estimate of drug-likeness (QED) is 0.589. The molecule has 1 aliphatic heterocycles. The summed E-state index contributed by atoms with van der Waals surface area (Å²) in [5, 5.41) is 11.1. The zero-order valence-corrected chi connectivity index (χ0v) is 19.9. The van der Waals surface area contributed by atoms with Crippen LogP contribution in [0.1, 0.15) is 24.9 Å². The molecule has 32 heavy (non-hydrogen) atoms. The molecule has 1 heterocycles. The lowest BCUT2D eigenvalue weighted by Gasteiger charge is -2.28. The summed E-state index contributed by atoms with van der Waals surface area (Å²) in [5.74, 6) is -0.910. The smallest absolute Gasteiger partial charge is 0.290 e. The number of carbonyl (C=O) groups excluding carboxylic acids is 1. The summed E-state index contributed by atoms with van der Waals surface area (Å²) in [7, 11) is -0.473. The minimum atomic E-state index is -4.18. The van der Waals surface area contributed by atoms with Gasteiger partial charge in [-0.3, -0.25) is 4.79 Å². The van der Waals surface area contributed by atoms with Gasteiger partial charge >= 0.3 is 0 Å². The number of benzene rings is 2. The third kappa shape index (κ3) is 4.92. The van der Waals surface area contributed by atoms with E-state index in [4.69, 9.17) is 16.3 Å². The predicted octanol–water partition coefficient (Wildman–Crippen LogP) is 3.82. The van der Waals surface area contributed by atoms with Gasteiger partial charge in [-0.05, 0) is 62.5 Å². The van der Waals surface area contributed by atoms with Crippen molar-refractivity contribution in [3.8, 4) is 5.75 Å². The highest BCUT2D eigenvalue weighted by Crippen LogP contribution is 2.43. The Morgan fingerprint density at radius 1 is 1.16 bits per heavy atom. The van der Waals surface area contributed by atoms with E-state index < -0.39 is 27.5 Å². The minimum Gasteiger partial charge on any atom is -0.502 e.